The predicted octanol–water partition coefficient (Wildman–Crippen LogP) is 0.840. The first-order valence-corrected chi connectivity index (χ1v) is 12.1. The van der Waals surface area contributed by atoms with E-state index in [0.29, 0.717) is 0 Å². The minimum atomic E-state index is -4.13. The van der Waals surface area contributed by atoms with Crippen molar-refractivity contribution >= 4 is 39.1 Å². The maximum atomic E-state index is 13.2. The highest BCUT2D eigenvalue weighted by Crippen LogP contribution is 2.24. The lowest BCUT2D eigenvalue weighted by atomic mass is 9.84. The van der Waals surface area contributed by atoms with Crippen molar-refractivity contribution in [2.45, 2.75) is 57.3 Å². The normalized spacial score (nSPS) is 15.1. The molecule has 0 aromatic carbocycles. The Balaban J connectivity index is 3.33. The van der Waals surface area contributed by atoms with E-state index in [-0.39, 0.29) is 16.5 Å². The van der Waals surface area contributed by atoms with Gasteiger partial charge < -0.3 is 10.6 Å². The SMILES string of the molecule is CNC(=O)[C@@H](NC(=O)[C@H](CC(C)C)[C@H](NS(=O)(=O)c1cccs1)C(=O)NO)C(C)(C)C. The summed E-state index contributed by atoms with van der Waals surface area (Å²) in [7, 11) is -2.69. The van der Waals surface area contributed by atoms with E-state index in [1.807, 2.05) is 13.8 Å². The molecule has 1 rings (SSSR count). The van der Waals surface area contributed by atoms with Gasteiger partial charge in [0.25, 0.3) is 15.9 Å². The van der Waals surface area contributed by atoms with Crippen LogP contribution >= 0.6 is 11.3 Å². The van der Waals surface area contributed by atoms with Gasteiger partial charge in [0.1, 0.15) is 16.3 Å². The van der Waals surface area contributed by atoms with E-state index >= 15 is 0 Å². The smallest absolute Gasteiger partial charge is 0.262 e. The number of hydroxylamine groups is 1. The Kier molecular flexibility index (Phi) is 9.61. The highest BCUT2D eigenvalue weighted by molar-refractivity contribution is 7.91. The number of hydrogen-bond acceptors (Lipinski definition) is 7. The van der Waals surface area contributed by atoms with E-state index in [1.165, 1.54) is 24.7 Å². The highest BCUT2D eigenvalue weighted by Gasteiger charge is 2.40. The van der Waals surface area contributed by atoms with Crippen molar-refractivity contribution in [3.63, 3.8) is 0 Å². The summed E-state index contributed by atoms with van der Waals surface area (Å²) in [5.74, 6) is -3.46. The third-order valence-electron chi connectivity index (χ3n) is 4.56. The first kappa shape index (κ1) is 27.0. The zero-order chi connectivity index (χ0) is 24.0. The third kappa shape index (κ3) is 7.56. The van der Waals surface area contributed by atoms with Crippen LogP contribution in [0.15, 0.2) is 21.7 Å². The second-order valence-electron chi connectivity index (χ2n) is 8.67. The van der Waals surface area contributed by atoms with Crippen molar-refractivity contribution in [3.05, 3.63) is 17.5 Å². The Morgan fingerprint density at radius 1 is 1.13 bits per heavy atom. The molecule has 0 fully saturated rings. The van der Waals surface area contributed by atoms with Crippen LogP contribution in [-0.4, -0.2) is 50.5 Å². The number of likely N-dealkylation sites (N-methyl/N-ethyl adjacent to an activating group) is 1. The molecule has 1 aromatic heterocycles. The standard InChI is InChI=1S/C19H32N4O6S2/c1-11(2)10-12(16(24)21-15(18(26)20-6)19(3,4)5)14(17(25)22-27)23-31(28,29)13-8-7-9-30-13/h7-9,11-12,14-15,23,27H,10H2,1-6H3,(H,20,26)(H,21,24)(H,22,25)/t12-,14+,15-/m1/s1. The fourth-order valence-electron chi connectivity index (χ4n) is 3.00. The van der Waals surface area contributed by atoms with Crippen LogP contribution < -0.4 is 20.8 Å². The second-order valence-corrected chi connectivity index (χ2v) is 11.6. The van der Waals surface area contributed by atoms with Gasteiger partial charge in [-0.2, -0.15) is 4.72 Å². The summed E-state index contributed by atoms with van der Waals surface area (Å²) in [4.78, 5) is 37.9. The summed E-state index contributed by atoms with van der Waals surface area (Å²) in [5.41, 5.74) is 0.788. The molecule has 0 bridgehead atoms. The number of carbonyl (C=O) groups is 3. The fourth-order valence-corrected chi connectivity index (χ4v) is 5.25. The minimum Gasteiger partial charge on any atom is -0.357 e. The molecule has 0 spiro atoms. The summed E-state index contributed by atoms with van der Waals surface area (Å²) >= 11 is 0.948. The molecular formula is C19H32N4O6S2. The summed E-state index contributed by atoms with van der Waals surface area (Å²) in [5, 5.41) is 15.9. The number of thiophene rings is 1. The number of amides is 3. The molecule has 0 radical (unpaired) electrons. The number of rotatable bonds is 10. The Labute approximate surface area is 187 Å². The lowest BCUT2D eigenvalue weighted by molar-refractivity contribution is -0.139. The first-order chi connectivity index (χ1) is 14.2. The molecule has 1 aromatic rings. The Hall–Kier alpha value is -2.02. The second kappa shape index (κ2) is 11.0. The average molecular weight is 477 g/mol. The topological polar surface area (TPSA) is 154 Å². The maximum Gasteiger partial charge on any atom is 0.262 e. The van der Waals surface area contributed by atoms with Crippen LogP contribution in [0.4, 0.5) is 0 Å². The van der Waals surface area contributed by atoms with E-state index < -0.39 is 51.2 Å². The summed E-state index contributed by atoms with van der Waals surface area (Å²) < 4.78 is 27.6. The summed E-state index contributed by atoms with van der Waals surface area (Å²) in [6.45, 7) is 8.91. The van der Waals surface area contributed by atoms with Crippen LogP contribution in [0.3, 0.4) is 0 Å². The zero-order valence-electron chi connectivity index (χ0n) is 18.6. The first-order valence-electron chi connectivity index (χ1n) is 9.76. The number of carbonyl (C=O) groups excluding carboxylic acids is 3. The summed E-state index contributed by atoms with van der Waals surface area (Å²) in [6, 6.07) is 0.381. The van der Waals surface area contributed by atoms with Crippen LogP contribution in [0.25, 0.3) is 0 Å². The van der Waals surface area contributed by atoms with Gasteiger partial charge in [-0.3, -0.25) is 19.6 Å². The lowest BCUT2D eigenvalue weighted by Crippen LogP contribution is -2.59. The van der Waals surface area contributed by atoms with Crippen LogP contribution in [0.5, 0.6) is 0 Å². The Morgan fingerprint density at radius 3 is 2.16 bits per heavy atom. The van der Waals surface area contributed by atoms with Crippen LogP contribution in [0.1, 0.15) is 41.0 Å². The Morgan fingerprint density at radius 2 is 1.74 bits per heavy atom. The van der Waals surface area contributed by atoms with Gasteiger partial charge >= 0.3 is 0 Å². The molecule has 0 aliphatic heterocycles. The van der Waals surface area contributed by atoms with Gasteiger partial charge in [-0.15, -0.1) is 11.3 Å². The molecule has 0 aliphatic carbocycles. The maximum absolute atomic E-state index is 13.2. The predicted molar refractivity (Wildman–Crippen MR) is 117 cm³/mol. The van der Waals surface area contributed by atoms with Gasteiger partial charge in [-0.05, 0) is 29.2 Å². The molecule has 0 aliphatic rings. The van der Waals surface area contributed by atoms with Crippen molar-refractivity contribution < 1.29 is 28.0 Å². The molecule has 1 heterocycles. The molecule has 0 saturated heterocycles. The molecule has 3 amide bonds. The van der Waals surface area contributed by atoms with E-state index in [0.717, 1.165) is 11.3 Å². The van der Waals surface area contributed by atoms with Crippen molar-refractivity contribution in [2.75, 3.05) is 7.05 Å². The molecule has 176 valence electrons. The van der Waals surface area contributed by atoms with Gasteiger partial charge in [0.05, 0.1) is 5.92 Å². The lowest BCUT2D eigenvalue weighted by Gasteiger charge is -2.33. The van der Waals surface area contributed by atoms with Gasteiger partial charge in [0.15, 0.2) is 0 Å². The number of sulfonamides is 1. The fraction of sp³-hybridized carbons (Fsp3) is 0.632. The van der Waals surface area contributed by atoms with Gasteiger partial charge in [0.2, 0.25) is 11.8 Å². The van der Waals surface area contributed by atoms with Crippen molar-refractivity contribution in [1.29, 1.82) is 0 Å². The molecule has 5 N–H and O–H groups in total. The van der Waals surface area contributed by atoms with Crippen LogP contribution in [0, 0.1) is 17.3 Å². The van der Waals surface area contributed by atoms with E-state index in [9.17, 15) is 28.0 Å². The summed E-state index contributed by atoms with van der Waals surface area (Å²) in [6.07, 6.45) is 0.126. The van der Waals surface area contributed by atoms with Gasteiger partial charge in [-0.25, -0.2) is 13.9 Å². The largest absolute Gasteiger partial charge is 0.357 e. The van der Waals surface area contributed by atoms with Crippen molar-refractivity contribution in [1.82, 2.24) is 20.8 Å². The van der Waals surface area contributed by atoms with E-state index in [2.05, 4.69) is 15.4 Å². The average Bonchev–Trinajstić information content (AvgIpc) is 3.22. The molecule has 0 unspecified atom stereocenters. The molecular weight excluding hydrogens is 444 g/mol. The van der Waals surface area contributed by atoms with E-state index in [1.54, 1.807) is 26.2 Å². The number of nitrogens with one attached hydrogen (secondary N) is 4. The quantitative estimate of drug-likeness (QED) is 0.249. The zero-order valence-corrected chi connectivity index (χ0v) is 20.2. The van der Waals surface area contributed by atoms with E-state index in [4.69, 9.17) is 0 Å². The number of hydrogen-bond donors (Lipinski definition) is 5. The molecule has 10 nitrogen and oxygen atoms in total. The highest BCUT2D eigenvalue weighted by atomic mass is 32.2. The van der Waals surface area contributed by atoms with Gasteiger partial charge in [-0.1, -0.05) is 40.7 Å². The molecule has 0 saturated carbocycles. The van der Waals surface area contributed by atoms with Crippen molar-refractivity contribution in [2.24, 2.45) is 17.3 Å². The monoisotopic (exact) mass is 476 g/mol. The third-order valence-corrected chi connectivity index (χ3v) is 7.40. The minimum absolute atomic E-state index is 0.0372. The van der Waals surface area contributed by atoms with Crippen LogP contribution in [-0.2, 0) is 24.4 Å². The molecule has 31 heavy (non-hydrogen) atoms. The van der Waals surface area contributed by atoms with Gasteiger partial charge in [0, 0.05) is 7.05 Å². The molecule has 12 heteroatoms. The Bertz CT molecular complexity index is 862. The molecule has 3 atom stereocenters. The van der Waals surface area contributed by atoms with Crippen molar-refractivity contribution in [3.8, 4) is 0 Å². The van der Waals surface area contributed by atoms with Crippen LogP contribution in [0.2, 0.25) is 0 Å².